The zero-order valence-electron chi connectivity index (χ0n) is 12.9. The lowest BCUT2D eigenvalue weighted by atomic mass is 10.1. The van der Waals surface area contributed by atoms with Crippen LogP contribution in [0.1, 0.15) is 43.1 Å². The van der Waals surface area contributed by atoms with E-state index in [1.165, 1.54) is 6.07 Å². The number of amides is 2. The monoisotopic (exact) mass is 292 g/mol. The first kappa shape index (κ1) is 17.0. The Morgan fingerprint density at radius 2 is 2.05 bits per heavy atom. The Morgan fingerprint density at radius 3 is 2.62 bits per heavy atom. The van der Waals surface area contributed by atoms with E-state index in [2.05, 4.69) is 19.2 Å². The van der Waals surface area contributed by atoms with Crippen molar-refractivity contribution in [1.82, 2.24) is 10.2 Å². The van der Waals surface area contributed by atoms with Crippen LogP contribution in [0.4, 0.5) is 4.79 Å². The van der Waals surface area contributed by atoms with Crippen molar-refractivity contribution in [2.75, 3.05) is 13.1 Å². The van der Waals surface area contributed by atoms with E-state index < -0.39 is 5.97 Å². The molecular weight excluding hydrogens is 268 g/mol. The molecule has 0 bridgehead atoms. The van der Waals surface area contributed by atoms with Gasteiger partial charge in [-0.15, -0.1) is 0 Å². The third kappa shape index (κ3) is 5.45. The molecule has 0 aliphatic rings. The minimum atomic E-state index is -0.963. The van der Waals surface area contributed by atoms with Crippen molar-refractivity contribution >= 4 is 12.0 Å². The van der Waals surface area contributed by atoms with Gasteiger partial charge in [-0.25, -0.2) is 9.59 Å². The molecule has 1 rings (SSSR count). The highest BCUT2D eigenvalue weighted by atomic mass is 16.4. The van der Waals surface area contributed by atoms with E-state index in [9.17, 15) is 9.59 Å². The highest BCUT2D eigenvalue weighted by molar-refractivity contribution is 5.87. The van der Waals surface area contributed by atoms with Crippen LogP contribution in [-0.2, 0) is 6.54 Å². The van der Waals surface area contributed by atoms with Crippen molar-refractivity contribution in [3.8, 4) is 0 Å². The van der Waals surface area contributed by atoms with Crippen molar-refractivity contribution < 1.29 is 14.7 Å². The van der Waals surface area contributed by atoms with E-state index in [0.717, 1.165) is 18.5 Å². The van der Waals surface area contributed by atoms with Gasteiger partial charge in [0.15, 0.2) is 0 Å². The largest absolute Gasteiger partial charge is 0.478 e. The topological polar surface area (TPSA) is 69.6 Å². The molecular formula is C16H24N2O3. The first-order chi connectivity index (χ1) is 9.97. The van der Waals surface area contributed by atoms with E-state index in [-0.39, 0.29) is 11.6 Å². The molecule has 0 aromatic heterocycles. The van der Waals surface area contributed by atoms with Gasteiger partial charge in [0, 0.05) is 19.6 Å². The normalized spacial score (nSPS) is 11.8. The van der Waals surface area contributed by atoms with E-state index >= 15 is 0 Å². The Kier molecular flexibility index (Phi) is 6.72. The van der Waals surface area contributed by atoms with Gasteiger partial charge in [-0.3, -0.25) is 0 Å². The Labute approximate surface area is 126 Å². The first-order valence-corrected chi connectivity index (χ1v) is 7.32. The highest BCUT2D eigenvalue weighted by Gasteiger charge is 2.13. The molecule has 21 heavy (non-hydrogen) atoms. The number of carbonyl (C=O) groups excluding carboxylic acids is 1. The highest BCUT2D eigenvalue weighted by Crippen LogP contribution is 2.07. The lowest BCUT2D eigenvalue weighted by molar-refractivity contribution is 0.0696. The quantitative estimate of drug-likeness (QED) is 0.811. The average molecular weight is 292 g/mol. The van der Waals surface area contributed by atoms with Gasteiger partial charge >= 0.3 is 12.0 Å². The molecule has 0 spiro atoms. The molecule has 2 N–H and O–H groups in total. The van der Waals surface area contributed by atoms with E-state index in [1.54, 1.807) is 23.1 Å². The summed E-state index contributed by atoms with van der Waals surface area (Å²) >= 11 is 0. The van der Waals surface area contributed by atoms with E-state index in [1.807, 2.05) is 6.92 Å². The summed E-state index contributed by atoms with van der Waals surface area (Å²) in [6.45, 7) is 7.89. The summed E-state index contributed by atoms with van der Waals surface area (Å²) in [6, 6.07) is 6.49. The van der Waals surface area contributed by atoms with Gasteiger partial charge < -0.3 is 15.3 Å². The van der Waals surface area contributed by atoms with Crippen LogP contribution in [0.5, 0.6) is 0 Å². The van der Waals surface area contributed by atoms with Crippen LogP contribution in [0, 0.1) is 5.92 Å². The van der Waals surface area contributed by atoms with E-state index in [0.29, 0.717) is 19.0 Å². The molecule has 0 aliphatic carbocycles. The first-order valence-electron chi connectivity index (χ1n) is 7.32. The van der Waals surface area contributed by atoms with Crippen LogP contribution >= 0.6 is 0 Å². The van der Waals surface area contributed by atoms with Gasteiger partial charge in [0.2, 0.25) is 0 Å². The van der Waals surface area contributed by atoms with Crippen molar-refractivity contribution in [2.24, 2.45) is 5.92 Å². The van der Waals surface area contributed by atoms with Gasteiger partial charge in [0.05, 0.1) is 5.56 Å². The van der Waals surface area contributed by atoms with Gasteiger partial charge in [0.25, 0.3) is 0 Å². The molecule has 5 heteroatoms. The molecule has 0 aliphatic heterocycles. The number of hydrogen-bond donors (Lipinski definition) is 2. The summed E-state index contributed by atoms with van der Waals surface area (Å²) in [5, 5.41) is 11.8. The molecule has 0 heterocycles. The van der Waals surface area contributed by atoms with Crippen LogP contribution < -0.4 is 5.32 Å². The number of benzene rings is 1. The summed E-state index contributed by atoms with van der Waals surface area (Å²) in [6.07, 6.45) is 1.03. The van der Waals surface area contributed by atoms with Gasteiger partial charge in [-0.05, 0) is 30.5 Å². The maximum Gasteiger partial charge on any atom is 0.335 e. The van der Waals surface area contributed by atoms with Crippen molar-refractivity contribution in [3.63, 3.8) is 0 Å². The molecule has 0 fully saturated rings. The third-order valence-electron chi connectivity index (χ3n) is 3.52. The van der Waals surface area contributed by atoms with Gasteiger partial charge in [-0.2, -0.15) is 0 Å². The lowest BCUT2D eigenvalue weighted by Crippen LogP contribution is -2.41. The standard InChI is InChI=1S/C16H24N2O3/c1-4-12(3)11-18(5-2)16(21)17-10-13-7-6-8-14(9-13)15(19)20/h6-9,12H,4-5,10-11H2,1-3H3,(H,17,21)(H,19,20). The number of nitrogens with one attached hydrogen (secondary N) is 1. The van der Waals surface area contributed by atoms with Crippen molar-refractivity contribution in [1.29, 1.82) is 0 Å². The van der Waals surface area contributed by atoms with Crippen LogP contribution in [0.3, 0.4) is 0 Å². The summed E-state index contributed by atoms with van der Waals surface area (Å²) in [4.78, 5) is 24.8. The average Bonchev–Trinajstić information content (AvgIpc) is 2.50. The number of aromatic carboxylic acids is 1. The fourth-order valence-corrected chi connectivity index (χ4v) is 1.96. The minimum absolute atomic E-state index is 0.112. The van der Waals surface area contributed by atoms with Gasteiger partial charge in [-0.1, -0.05) is 32.4 Å². The zero-order chi connectivity index (χ0) is 15.8. The summed E-state index contributed by atoms with van der Waals surface area (Å²) < 4.78 is 0. The third-order valence-corrected chi connectivity index (χ3v) is 3.52. The molecule has 1 unspecified atom stereocenters. The molecule has 2 amide bonds. The summed E-state index contributed by atoms with van der Waals surface area (Å²) in [5.74, 6) is -0.499. The zero-order valence-corrected chi connectivity index (χ0v) is 12.9. The van der Waals surface area contributed by atoms with Crippen molar-refractivity contribution in [2.45, 2.75) is 33.7 Å². The Hall–Kier alpha value is -2.04. The second-order valence-corrected chi connectivity index (χ2v) is 5.22. The second kappa shape index (κ2) is 8.29. The van der Waals surface area contributed by atoms with Crippen LogP contribution in [0.15, 0.2) is 24.3 Å². The van der Waals surface area contributed by atoms with Gasteiger partial charge in [0.1, 0.15) is 0 Å². The number of rotatable bonds is 7. The number of carboxylic acid groups (broad SMARTS) is 1. The number of hydrogen-bond acceptors (Lipinski definition) is 2. The number of carbonyl (C=O) groups is 2. The maximum absolute atomic E-state index is 12.1. The Balaban J connectivity index is 2.58. The molecule has 116 valence electrons. The fourth-order valence-electron chi connectivity index (χ4n) is 1.96. The Morgan fingerprint density at radius 1 is 1.33 bits per heavy atom. The molecule has 0 radical (unpaired) electrons. The molecule has 1 aromatic rings. The number of nitrogens with zero attached hydrogens (tertiary/aromatic N) is 1. The number of carboxylic acids is 1. The predicted octanol–water partition coefficient (Wildman–Crippen LogP) is 2.96. The van der Waals surface area contributed by atoms with E-state index in [4.69, 9.17) is 5.11 Å². The Bertz CT molecular complexity index is 488. The fraction of sp³-hybridized carbons (Fsp3) is 0.500. The van der Waals surface area contributed by atoms with Crippen LogP contribution in [0.2, 0.25) is 0 Å². The second-order valence-electron chi connectivity index (χ2n) is 5.22. The smallest absolute Gasteiger partial charge is 0.335 e. The lowest BCUT2D eigenvalue weighted by Gasteiger charge is -2.24. The minimum Gasteiger partial charge on any atom is -0.478 e. The molecule has 5 nitrogen and oxygen atoms in total. The summed E-state index contributed by atoms with van der Waals surface area (Å²) in [5.41, 5.74) is 1.01. The SMILES string of the molecule is CCC(C)CN(CC)C(=O)NCc1cccc(C(=O)O)c1. The summed E-state index contributed by atoms with van der Waals surface area (Å²) in [7, 11) is 0. The van der Waals surface area contributed by atoms with Crippen molar-refractivity contribution in [3.05, 3.63) is 35.4 Å². The maximum atomic E-state index is 12.1. The molecule has 1 aromatic carbocycles. The predicted molar refractivity (Wildman–Crippen MR) is 82.3 cm³/mol. The number of urea groups is 1. The van der Waals surface area contributed by atoms with Crippen LogP contribution in [-0.4, -0.2) is 35.1 Å². The molecule has 1 atom stereocenters. The van der Waals surface area contributed by atoms with Crippen LogP contribution in [0.25, 0.3) is 0 Å². The molecule has 0 saturated heterocycles. The molecule has 0 saturated carbocycles.